The summed E-state index contributed by atoms with van der Waals surface area (Å²) < 4.78 is 5.71. The first kappa shape index (κ1) is 15.8. The Labute approximate surface area is 140 Å². The van der Waals surface area contributed by atoms with Gasteiger partial charge >= 0.3 is 5.97 Å². The molecule has 0 aromatic heterocycles. The largest absolute Gasteiger partial charge is 0.443 e. The SMILES string of the molecule is Cc1ccccc1C(=O)OC1(C=O)CCCc2cc(Cl)ccc21. The van der Waals surface area contributed by atoms with Crippen LogP contribution in [0.5, 0.6) is 0 Å². The molecule has 0 aliphatic heterocycles. The molecule has 0 bridgehead atoms. The van der Waals surface area contributed by atoms with Gasteiger partial charge in [-0.15, -0.1) is 0 Å². The summed E-state index contributed by atoms with van der Waals surface area (Å²) in [4.78, 5) is 24.4. The van der Waals surface area contributed by atoms with Gasteiger partial charge in [-0.3, -0.25) is 4.79 Å². The third kappa shape index (κ3) is 2.89. The first-order valence-electron chi connectivity index (χ1n) is 7.60. The van der Waals surface area contributed by atoms with E-state index in [1.54, 1.807) is 24.3 Å². The van der Waals surface area contributed by atoms with Crippen molar-refractivity contribution in [2.24, 2.45) is 0 Å². The van der Waals surface area contributed by atoms with E-state index in [1.807, 2.05) is 25.1 Å². The first-order chi connectivity index (χ1) is 11.1. The van der Waals surface area contributed by atoms with Gasteiger partial charge in [0.25, 0.3) is 0 Å². The molecule has 0 fully saturated rings. The Morgan fingerprint density at radius 2 is 2.04 bits per heavy atom. The van der Waals surface area contributed by atoms with E-state index in [0.717, 1.165) is 35.8 Å². The molecule has 0 saturated heterocycles. The number of fused-ring (bicyclic) bond motifs is 1. The number of hydrogen-bond donors (Lipinski definition) is 0. The number of hydrogen-bond acceptors (Lipinski definition) is 3. The lowest BCUT2D eigenvalue weighted by Crippen LogP contribution is -2.37. The Balaban J connectivity index is 1.99. The molecule has 0 amide bonds. The number of carbonyl (C=O) groups excluding carboxylic acids is 2. The maximum absolute atomic E-state index is 12.6. The van der Waals surface area contributed by atoms with E-state index in [4.69, 9.17) is 16.3 Å². The van der Waals surface area contributed by atoms with Gasteiger partial charge in [-0.05, 0) is 55.5 Å². The number of aryl methyl sites for hydroxylation is 2. The van der Waals surface area contributed by atoms with Crippen LogP contribution in [0.4, 0.5) is 0 Å². The molecule has 118 valence electrons. The Bertz CT molecular complexity index is 769. The summed E-state index contributed by atoms with van der Waals surface area (Å²) in [6.07, 6.45) is 2.83. The molecule has 2 aromatic rings. The Hall–Kier alpha value is -2.13. The summed E-state index contributed by atoms with van der Waals surface area (Å²) >= 11 is 6.04. The molecule has 3 rings (SSSR count). The number of benzene rings is 2. The van der Waals surface area contributed by atoms with Crippen molar-refractivity contribution in [3.63, 3.8) is 0 Å². The van der Waals surface area contributed by atoms with E-state index in [-0.39, 0.29) is 0 Å². The van der Waals surface area contributed by atoms with Crippen LogP contribution < -0.4 is 0 Å². The van der Waals surface area contributed by atoms with Gasteiger partial charge in [-0.25, -0.2) is 4.79 Å². The van der Waals surface area contributed by atoms with Crippen molar-refractivity contribution < 1.29 is 14.3 Å². The summed E-state index contributed by atoms with van der Waals surface area (Å²) in [6.45, 7) is 1.85. The van der Waals surface area contributed by atoms with Crippen molar-refractivity contribution in [3.8, 4) is 0 Å². The fourth-order valence-electron chi connectivity index (χ4n) is 3.13. The van der Waals surface area contributed by atoms with Gasteiger partial charge in [0.05, 0.1) is 5.56 Å². The third-order valence-corrected chi connectivity index (χ3v) is 4.58. The molecule has 0 N–H and O–H groups in total. The topological polar surface area (TPSA) is 43.4 Å². The predicted octanol–water partition coefficient (Wildman–Crippen LogP) is 4.24. The highest BCUT2D eigenvalue weighted by molar-refractivity contribution is 6.30. The lowest BCUT2D eigenvalue weighted by molar-refractivity contribution is -0.127. The van der Waals surface area contributed by atoms with Crippen molar-refractivity contribution in [2.45, 2.75) is 31.8 Å². The fourth-order valence-corrected chi connectivity index (χ4v) is 3.33. The van der Waals surface area contributed by atoms with Crippen LogP contribution in [0.25, 0.3) is 0 Å². The molecule has 0 heterocycles. The zero-order chi connectivity index (χ0) is 16.4. The van der Waals surface area contributed by atoms with Crippen LogP contribution in [-0.2, 0) is 21.6 Å². The Kier molecular flexibility index (Phi) is 4.22. The lowest BCUT2D eigenvalue weighted by Gasteiger charge is -2.34. The van der Waals surface area contributed by atoms with Crippen LogP contribution in [0.3, 0.4) is 0 Å². The number of rotatable bonds is 3. The minimum absolute atomic E-state index is 0.474. The first-order valence-corrected chi connectivity index (χ1v) is 7.98. The Morgan fingerprint density at radius 3 is 2.78 bits per heavy atom. The smallest absolute Gasteiger partial charge is 0.339 e. The zero-order valence-corrected chi connectivity index (χ0v) is 13.6. The molecular weight excluding hydrogens is 312 g/mol. The second-order valence-corrected chi connectivity index (χ2v) is 6.30. The van der Waals surface area contributed by atoms with E-state index < -0.39 is 11.6 Å². The lowest BCUT2D eigenvalue weighted by atomic mass is 9.80. The molecule has 4 heteroatoms. The van der Waals surface area contributed by atoms with Crippen molar-refractivity contribution in [3.05, 3.63) is 69.7 Å². The quantitative estimate of drug-likeness (QED) is 0.625. The van der Waals surface area contributed by atoms with Gasteiger partial charge in [0.1, 0.15) is 0 Å². The number of carbonyl (C=O) groups is 2. The van der Waals surface area contributed by atoms with E-state index >= 15 is 0 Å². The van der Waals surface area contributed by atoms with Gasteiger partial charge in [0.2, 0.25) is 0 Å². The van der Waals surface area contributed by atoms with Gasteiger partial charge < -0.3 is 4.74 Å². The van der Waals surface area contributed by atoms with E-state index in [1.165, 1.54) is 0 Å². The summed E-state index contributed by atoms with van der Waals surface area (Å²) in [5.74, 6) is -0.474. The molecule has 1 unspecified atom stereocenters. The molecule has 0 spiro atoms. The normalized spacial score (nSPS) is 19.7. The van der Waals surface area contributed by atoms with E-state index in [0.29, 0.717) is 17.0 Å². The molecule has 1 atom stereocenters. The third-order valence-electron chi connectivity index (χ3n) is 4.35. The zero-order valence-electron chi connectivity index (χ0n) is 12.8. The van der Waals surface area contributed by atoms with Crippen LogP contribution in [0, 0.1) is 6.92 Å². The average molecular weight is 329 g/mol. The van der Waals surface area contributed by atoms with Gasteiger partial charge in [0.15, 0.2) is 11.9 Å². The minimum Gasteiger partial charge on any atom is -0.443 e. The summed E-state index contributed by atoms with van der Waals surface area (Å²) in [6, 6.07) is 12.6. The van der Waals surface area contributed by atoms with Crippen molar-refractivity contribution in [1.29, 1.82) is 0 Å². The molecule has 0 saturated carbocycles. The highest BCUT2D eigenvalue weighted by Crippen LogP contribution is 2.38. The standard InChI is InChI=1S/C19H17ClO3/c1-13-5-2-3-7-16(13)18(22)23-19(12-21)10-4-6-14-11-15(20)8-9-17(14)19/h2-3,5,7-9,11-12H,4,6,10H2,1H3. The summed E-state index contributed by atoms with van der Waals surface area (Å²) in [5, 5.41) is 0.621. The maximum atomic E-state index is 12.6. The van der Waals surface area contributed by atoms with Crippen molar-refractivity contribution in [1.82, 2.24) is 0 Å². The van der Waals surface area contributed by atoms with Crippen LogP contribution in [0.15, 0.2) is 42.5 Å². The predicted molar refractivity (Wildman–Crippen MR) is 88.7 cm³/mol. The molecule has 23 heavy (non-hydrogen) atoms. The molecule has 0 radical (unpaired) electrons. The Morgan fingerprint density at radius 1 is 1.26 bits per heavy atom. The number of ether oxygens (including phenoxy) is 1. The fraction of sp³-hybridized carbons (Fsp3) is 0.263. The highest BCUT2D eigenvalue weighted by atomic mass is 35.5. The van der Waals surface area contributed by atoms with Crippen LogP contribution in [-0.4, -0.2) is 12.3 Å². The second-order valence-electron chi connectivity index (χ2n) is 5.87. The van der Waals surface area contributed by atoms with E-state index in [9.17, 15) is 9.59 Å². The van der Waals surface area contributed by atoms with Gasteiger partial charge in [0, 0.05) is 10.6 Å². The molecular formula is C19H17ClO3. The molecule has 2 aromatic carbocycles. The summed E-state index contributed by atoms with van der Waals surface area (Å²) in [5.41, 5.74) is 1.79. The van der Waals surface area contributed by atoms with Crippen LogP contribution >= 0.6 is 11.6 Å². The van der Waals surface area contributed by atoms with Crippen LogP contribution in [0.2, 0.25) is 5.02 Å². The van der Waals surface area contributed by atoms with Crippen molar-refractivity contribution in [2.75, 3.05) is 0 Å². The van der Waals surface area contributed by atoms with Gasteiger partial charge in [-0.2, -0.15) is 0 Å². The maximum Gasteiger partial charge on any atom is 0.339 e. The van der Waals surface area contributed by atoms with Crippen molar-refractivity contribution >= 4 is 23.9 Å². The molecule has 1 aliphatic carbocycles. The summed E-state index contributed by atoms with van der Waals surface area (Å²) in [7, 11) is 0. The number of aldehydes is 1. The minimum atomic E-state index is -1.22. The van der Waals surface area contributed by atoms with Crippen LogP contribution in [0.1, 0.15) is 39.9 Å². The monoisotopic (exact) mass is 328 g/mol. The second kappa shape index (κ2) is 6.17. The number of esters is 1. The highest BCUT2D eigenvalue weighted by Gasteiger charge is 2.40. The average Bonchev–Trinajstić information content (AvgIpc) is 2.55. The number of halogens is 1. The molecule has 1 aliphatic rings. The van der Waals surface area contributed by atoms with E-state index in [2.05, 4.69) is 0 Å². The van der Waals surface area contributed by atoms with Gasteiger partial charge in [-0.1, -0.05) is 35.9 Å². The molecule has 3 nitrogen and oxygen atoms in total.